The lowest BCUT2D eigenvalue weighted by Gasteiger charge is -2.15. The molecule has 0 radical (unpaired) electrons. The lowest BCUT2D eigenvalue weighted by atomic mass is 10.1. The summed E-state index contributed by atoms with van der Waals surface area (Å²) in [6.07, 6.45) is 2.59. The first-order chi connectivity index (χ1) is 18.4. The van der Waals surface area contributed by atoms with Crippen molar-refractivity contribution in [2.75, 3.05) is 5.32 Å². The van der Waals surface area contributed by atoms with Gasteiger partial charge in [0.1, 0.15) is 23.7 Å². The Morgan fingerprint density at radius 1 is 0.868 bits per heavy atom. The zero-order chi connectivity index (χ0) is 26.3. The summed E-state index contributed by atoms with van der Waals surface area (Å²) in [5.74, 6) is 1.49. The summed E-state index contributed by atoms with van der Waals surface area (Å²) < 4.78 is 45.1. The molecule has 1 aromatic carbocycles. The van der Waals surface area contributed by atoms with Gasteiger partial charge in [-0.25, -0.2) is 24.9 Å². The number of nitrogens with zero attached hydrogens (tertiary/aromatic N) is 6. The molecule has 0 aliphatic carbocycles. The van der Waals surface area contributed by atoms with Crippen molar-refractivity contribution in [2.24, 2.45) is 0 Å². The lowest BCUT2D eigenvalue weighted by molar-refractivity contribution is -0.137. The number of fused-ring (bicyclic) bond motifs is 2. The number of rotatable bonds is 5. The van der Waals surface area contributed by atoms with E-state index in [1.807, 2.05) is 25.1 Å². The fourth-order valence-electron chi connectivity index (χ4n) is 4.06. The minimum Gasteiger partial charge on any atom is -0.438 e. The van der Waals surface area contributed by atoms with Crippen molar-refractivity contribution in [2.45, 2.75) is 13.1 Å². The summed E-state index contributed by atoms with van der Waals surface area (Å²) in [7, 11) is 0. The SMILES string of the molecule is Cc1cc(Oc2ncccc2-c2ncnc3[nH]ncc23)c2ccnc(Nc3ccc(C(F)(F)F)cn3)c2c1. The average molecular weight is 514 g/mol. The van der Waals surface area contributed by atoms with Crippen LogP contribution in [0.1, 0.15) is 11.1 Å². The van der Waals surface area contributed by atoms with E-state index in [0.29, 0.717) is 45.1 Å². The molecule has 6 aromatic rings. The number of aromatic nitrogens is 7. The second-order valence-corrected chi connectivity index (χ2v) is 8.39. The molecule has 0 saturated heterocycles. The summed E-state index contributed by atoms with van der Waals surface area (Å²) in [5.41, 5.74) is 1.90. The first-order valence-corrected chi connectivity index (χ1v) is 11.3. The molecule has 5 aromatic heterocycles. The van der Waals surface area contributed by atoms with Gasteiger partial charge >= 0.3 is 6.18 Å². The van der Waals surface area contributed by atoms with E-state index < -0.39 is 11.7 Å². The van der Waals surface area contributed by atoms with Crippen LogP contribution in [0.4, 0.5) is 24.8 Å². The third-order valence-corrected chi connectivity index (χ3v) is 5.80. The van der Waals surface area contributed by atoms with E-state index in [1.54, 1.807) is 30.7 Å². The Kier molecular flexibility index (Phi) is 5.56. The van der Waals surface area contributed by atoms with Gasteiger partial charge in [-0.2, -0.15) is 18.3 Å². The van der Waals surface area contributed by atoms with E-state index in [-0.39, 0.29) is 5.82 Å². The number of nitrogens with one attached hydrogen (secondary N) is 2. The standard InChI is InChI=1S/C26H17F3N8O/c1-14-9-18-16(6-8-30-23(18)36-21-5-4-15(11-32-21)26(27,28)29)20(10-14)38-25-17(3-2-7-31-25)22-19-12-35-37-24(19)34-13-33-22/h2-13H,1H3,(H,30,32,36)(H,33,34,35,37). The first-order valence-electron chi connectivity index (χ1n) is 11.3. The Morgan fingerprint density at radius 3 is 2.58 bits per heavy atom. The maximum absolute atomic E-state index is 12.9. The number of anilines is 2. The van der Waals surface area contributed by atoms with Gasteiger partial charge in [0.05, 0.1) is 28.4 Å². The van der Waals surface area contributed by atoms with E-state index in [2.05, 4.69) is 40.4 Å². The zero-order valence-electron chi connectivity index (χ0n) is 19.7. The van der Waals surface area contributed by atoms with E-state index in [1.165, 1.54) is 12.4 Å². The number of hydrogen-bond acceptors (Lipinski definition) is 8. The molecule has 0 saturated carbocycles. The molecule has 0 unspecified atom stereocenters. The van der Waals surface area contributed by atoms with Crippen molar-refractivity contribution < 1.29 is 17.9 Å². The quantitative estimate of drug-likeness (QED) is 0.279. The van der Waals surface area contributed by atoms with E-state index >= 15 is 0 Å². The Bertz CT molecular complexity index is 1780. The molecule has 9 nitrogen and oxygen atoms in total. The highest BCUT2D eigenvalue weighted by Gasteiger charge is 2.30. The number of aryl methyl sites for hydroxylation is 1. The largest absolute Gasteiger partial charge is 0.438 e. The number of ether oxygens (including phenoxy) is 1. The van der Waals surface area contributed by atoms with Gasteiger partial charge in [0.15, 0.2) is 5.65 Å². The van der Waals surface area contributed by atoms with Gasteiger partial charge in [0.2, 0.25) is 5.88 Å². The van der Waals surface area contributed by atoms with E-state index in [0.717, 1.165) is 23.2 Å². The van der Waals surface area contributed by atoms with Crippen molar-refractivity contribution in [1.29, 1.82) is 0 Å². The van der Waals surface area contributed by atoms with Gasteiger partial charge in [-0.15, -0.1) is 0 Å². The number of hydrogen-bond donors (Lipinski definition) is 2. The van der Waals surface area contributed by atoms with Crippen LogP contribution in [-0.4, -0.2) is 35.1 Å². The molecule has 0 fully saturated rings. The Hall–Kier alpha value is -5.13. The maximum Gasteiger partial charge on any atom is 0.417 e. The van der Waals surface area contributed by atoms with Gasteiger partial charge in [-0.3, -0.25) is 5.10 Å². The Labute approximate surface area is 212 Å². The smallest absolute Gasteiger partial charge is 0.417 e. The molecule has 0 aliphatic heterocycles. The molecule has 0 spiro atoms. The third-order valence-electron chi connectivity index (χ3n) is 5.80. The number of benzene rings is 1. The minimum absolute atomic E-state index is 0.224. The molecule has 38 heavy (non-hydrogen) atoms. The predicted octanol–water partition coefficient (Wildman–Crippen LogP) is 6.22. The number of H-pyrrole nitrogens is 1. The maximum atomic E-state index is 12.9. The first kappa shape index (κ1) is 23.3. The minimum atomic E-state index is -4.47. The molecule has 0 amide bonds. The van der Waals surface area contributed by atoms with Gasteiger partial charge in [0.25, 0.3) is 0 Å². The molecular formula is C26H17F3N8O. The van der Waals surface area contributed by atoms with Crippen molar-refractivity contribution in [3.8, 4) is 22.9 Å². The van der Waals surface area contributed by atoms with Crippen molar-refractivity contribution in [3.05, 3.63) is 84.7 Å². The van der Waals surface area contributed by atoms with Crippen molar-refractivity contribution in [1.82, 2.24) is 35.1 Å². The van der Waals surface area contributed by atoms with Crippen LogP contribution in [0, 0.1) is 6.92 Å². The van der Waals surface area contributed by atoms with Gasteiger partial charge < -0.3 is 10.1 Å². The molecule has 2 N–H and O–H groups in total. The molecule has 12 heteroatoms. The van der Waals surface area contributed by atoms with E-state index in [4.69, 9.17) is 4.74 Å². The summed E-state index contributed by atoms with van der Waals surface area (Å²) in [5, 5.41) is 12.0. The number of alkyl halides is 3. The molecule has 0 bridgehead atoms. The molecule has 6 rings (SSSR count). The third kappa shape index (κ3) is 4.32. The van der Waals surface area contributed by atoms with Crippen molar-refractivity contribution in [3.63, 3.8) is 0 Å². The monoisotopic (exact) mass is 514 g/mol. The zero-order valence-corrected chi connectivity index (χ0v) is 19.7. The molecule has 188 valence electrons. The van der Waals surface area contributed by atoms with Crippen LogP contribution in [0.3, 0.4) is 0 Å². The molecular weight excluding hydrogens is 497 g/mol. The summed E-state index contributed by atoms with van der Waals surface area (Å²) in [6.45, 7) is 1.90. The summed E-state index contributed by atoms with van der Waals surface area (Å²) in [4.78, 5) is 21.3. The summed E-state index contributed by atoms with van der Waals surface area (Å²) in [6, 6.07) is 11.4. The van der Waals surface area contributed by atoms with Crippen LogP contribution < -0.4 is 10.1 Å². The fourth-order valence-corrected chi connectivity index (χ4v) is 4.06. The highest BCUT2D eigenvalue weighted by Crippen LogP contribution is 2.38. The van der Waals surface area contributed by atoms with Crippen LogP contribution in [0.5, 0.6) is 11.6 Å². The van der Waals surface area contributed by atoms with Crippen LogP contribution in [0.2, 0.25) is 0 Å². The Balaban J connectivity index is 1.39. The van der Waals surface area contributed by atoms with E-state index in [9.17, 15) is 13.2 Å². The number of aromatic amines is 1. The number of pyridine rings is 3. The van der Waals surface area contributed by atoms with Gasteiger partial charge in [-0.1, -0.05) is 0 Å². The Morgan fingerprint density at radius 2 is 1.76 bits per heavy atom. The lowest BCUT2D eigenvalue weighted by Crippen LogP contribution is -2.06. The molecule has 5 heterocycles. The van der Waals surface area contributed by atoms with Crippen LogP contribution >= 0.6 is 0 Å². The average Bonchev–Trinajstić information content (AvgIpc) is 3.39. The van der Waals surface area contributed by atoms with Gasteiger partial charge in [-0.05, 0) is 55.0 Å². The van der Waals surface area contributed by atoms with Crippen LogP contribution in [0.25, 0.3) is 33.1 Å². The van der Waals surface area contributed by atoms with Crippen LogP contribution in [-0.2, 0) is 6.18 Å². The van der Waals surface area contributed by atoms with Crippen molar-refractivity contribution >= 4 is 33.4 Å². The van der Waals surface area contributed by atoms with Gasteiger partial charge in [0, 0.05) is 29.4 Å². The topological polar surface area (TPSA) is 114 Å². The highest BCUT2D eigenvalue weighted by molar-refractivity contribution is 5.98. The summed E-state index contributed by atoms with van der Waals surface area (Å²) >= 11 is 0. The second kappa shape index (κ2) is 9.07. The molecule has 0 aliphatic rings. The predicted molar refractivity (Wildman–Crippen MR) is 134 cm³/mol. The number of halogens is 3. The second-order valence-electron chi connectivity index (χ2n) is 8.39. The highest BCUT2D eigenvalue weighted by atomic mass is 19.4. The normalized spacial score (nSPS) is 11.7. The molecule has 0 atom stereocenters. The van der Waals surface area contributed by atoms with Crippen LogP contribution in [0.15, 0.2) is 73.6 Å². The fraction of sp³-hybridized carbons (Fsp3) is 0.0769.